The fourth-order valence-electron chi connectivity index (χ4n) is 4.72. The number of thioether (sulfide) groups is 1. The normalized spacial score (nSPS) is 27.5. The Hall–Kier alpha value is -2.13. The lowest BCUT2D eigenvalue weighted by Gasteiger charge is -2.43. The Morgan fingerprint density at radius 3 is 2.90 bits per heavy atom. The lowest BCUT2D eigenvalue weighted by atomic mass is 10.1. The zero-order chi connectivity index (χ0) is 21.4. The first-order valence-electron chi connectivity index (χ1n) is 10.5. The van der Waals surface area contributed by atoms with Gasteiger partial charge in [0.1, 0.15) is 24.1 Å². The van der Waals surface area contributed by atoms with Gasteiger partial charge < -0.3 is 20.1 Å². The summed E-state index contributed by atoms with van der Waals surface area (Å²) in [5.41, 5.74) is 3.70. The molecule has 1 fully saturated rings. The number of hydroxylamine groups is 3. The first-order chi connectivity index (χ1) is 15.0. The zero-order valence-corrected chi connectivity index (χ0v) is 18.9. The van der Waals surface area contributed by atoms with Crippen LogP contribution in [0.15, 0.2) is 53.0 Å². The quantitative estimate of drug-likeness (QED) is 0.430. The van der Waals surface area contributed by atoms with E-state index in [-0.39, 0.29) is 16.2 Å². The summed E-state index contributed by atoms with van der Waals surface area (Å²) < 4.78 is -0.291. The van der Waals surface area contributed by atoms with E-state index in [4.69, 9.17) is 11.6 Å². The molecule has 0 radical (unpaired) electrons. The van der Waals surface area contributed by atoms with Crippen molar-refractivity contribution in [3.63, 3.8) is 0 Å². The van der Waals surface area contributed by atoms with Crippen LogP contribution in [0.4, 0.5) is 0 Å². The third kappa shape index (κ3) is 4.30. The third-order valence-electron chi connectivity index (χ3n) is 6.14. The van der Waals surface area contributed by atoms with Crippen LogP contribution in [0.2, 0.25) is 5.15 Å². The molecule has 31 heavy (non-hydrogen) atoms. The maximum absolute atomic E-state index is 14.0. The number of rotatable bonds is 4. The van der Waals surface area contributed by atoms with Gasteiger partial charge in [-0.2, -0.15) is 0 Å². The van der Waals surface area contributed by atoms with Gasteiger partial charge in [-0.15, -0.1) is 11.8 Å². The second kappa shape index (κ2) is 8.43. The molecule has 0 bridgehead atoms. The van der Waals surface area contributed by atoms with E-state index in [2.05, 4.69) is 25.2 Å². The molecule has 0 aliphatic carbocycles. The van der Waals surface area contributed by atoms with Gasteiger partial charge in [0.15, 0.2) is 5.50 Å². The molecular formula is C22H25ClN6OS. The van der Waals surface area contributed by atoms with Crippen LogP contribution in [0.1, 0.15) is 18.4 Å². The SMILES string of the molecule is CS[C@H]1N=CC2=C(N1)N1CCCC1C[N+]([O-])(Cc1ccc(-c3ccc(Cl)nc3)nc1)C2. The Morgan fingerprint density at radius 1 is 1.26 bits per heavy atom. The highest BCUT2D eigenvalue weighted by Crippen LogP contribution is 2.33. The molecule has 7 nitrogen and oxygen atoms in total. The highest BCUT2D eigenvalue weighted by atomic mass is 35.5. The maximum Gasteiger partial charge on any atom is 0.167 e. The Labute approximate surface area is 191 Å². The van der Waals surface area contributed by atoms with Crippen molar-refractivity contribution in [2.24, 2.45) is 4.99 Å². The number of quaternary nitrogens is 1. The third-order valence-corrected chi connectivity index (χ3v) is 7.05. The molecule has 0 amide bonds. The number of hydrogen-bond acceptors (Lipinski definition) is 7. The van der Waals surface area contributed by atoms with Gasteiger partial charge in [-0.25, -0.2) is 4.98 Å². The minimum atomic E-state index is -0.291. The largest absolute Gasteiger partial charge is 0.632 e. The van der Waals surface area contributed by atoms with Gasteiger partial charge >= 0.3 is 0 Å². The molecule has 0 saturated carbocycles. The van der Waals surface area contributed by atoms with Crippen LogP contribution in [-0.2, 0) is 6.54 Å². The van der Waals surface area contributed by atoms with E-state index in [0.717, 1.165) is 47.6 Å². The summed E-state index contributed by atoms with van der Waals surface area (Å²) in [6, 6.07) is 7.86. The van der Waals surface area contributed by atoms with Crippen molar-refractivity contribution in [3.05, 3.63) is 64.0 Å². The Bertz CT molecular complexity index is 1010. The van der Waals surface area contributed by atoms with Crippen molar-refractivity contribution in [2.75, 3.05) is 25.9 Å². The van der Waals surface area contributed by atoms with E-state index in [0.29, 0.717) is 24.8 Å². The van der Waals surface area contributed by atoms with Crippen LogP contribution in [0, 0.1) is 5.21 Å². The molecule has 5 rings (SSSR count). The van der Waals surface area contributed by atoms with Crippen LogP contribution >= 0.6 is 23.4 Å². The van der Waals surface area contributed by atoms with Crippen LogP contribution in [0.5, 0.6) is 0 Å². The molecule has 2 aromatic rings. The predicted octanol–water partition coefficient (Wildman–Crippen LogP) is 3.62. The Kier molecular flexibility index (Phi) is 5.64. The fourth-order valence-corrected chi connectivity index (χ4v) is 5.24. The smallest absolute Gasteiger partial charge is 0.167 e. The van der Waals surface area contributed by atoms with Gasteiger partial charge in [0, 0.05) is 36.3 Å². The summed E-state index contributed by atoms with van der Waals surface area (Å²) >= 11 is 7.55. The average molecular weight is 457 g/mol. The van der Waals surface area contributed by atoms with E-state index in [1.165, 1.54) is 0 Å². The van der Waals surface area contributed by atoms with Crippen molar-refractivity contribution in [3.8, 4) is 11.3 Å². The van der Waals surface area contributed by atoms with E-state index in [1.54, 1.807) is 24.0 Å². The summed E-state index contributed by atoms with van der Waals surface area (Å²) in [6.07, 6.45) is 9.65. The van der Waals surface area contributed by atoms with Gasteiger partial charge in [0.25, 0.3) is 0 Å². The Balaban J connectivity index is 1.38. The van der Waals surface area contributed by atoms with Crippen LogP contribution in [-0.4, -0.2) is 63.2 Å². The van der Waals surface area contributed by atoms with Crippen molar-refractivity contribution < 1.29 is 4.65 Å². The van der Waals surface area contributed by atoms with Gasteiger partial charge in [0.05, 0.1) is 23.9 Å². The van der Waals surface area contributed by atoms with Crippen molar-refractivity contribution in [1.29, 1.82) is 0 Å². The molecule has 1 N–H and O–H groups in total. The molecule has 0 aromatic carbocycles. The molecule has 2 unspecified atom stereocenters. The molecule has 3 atom stereocenters. The van der Waals surface area contributed by atoms with Gasteiger partial charge in [-0.1, -0.05) is 11.6 Å². The van der Waals surface area contributed by atoms with Crippen molar-refractivity contribution >= 4 is 29.6 Å². The summed E-state index contributed by atoms with van der Waals surface area (Å²) in [6.45, 7) is 2.39. The van der Waals surface area contributed by atoms with Gasteiger partial charge in [0.2, 0.25) is 0 Å². The van der Waals surface area contributed by atoms with E-state index in [9.17, 15) is 5.21 Å². The minimum absolute atomic E-state index is 0.0192. The molecule has 2 aromatic heterocycles. The number of aliphatic imine (C=N–C) groups is 1. The molecule has 3 aliphatic heterocycles. The molecule has 0 spiro atoms. The number of fused-ring (bicyclic) bond motifs is 2. The van der Waals surface area contributed by atoms with Gasteiger partial charge in [-0.05, 0) is 43.4 Å². The molecule has 162 valence electrons. The highest BCUT2D eigenvalue weighted by Gasteiger charge is 2.39. The topological polar surface area (TPSA) is 76.5 Å². The van der Waals surface area contributed by atoms with E-state index >= 15 is 0 Å². The summed E-state index contributed by atoms with van der Waals surface area (Å²) in [7, 11) is 0. The first-order valence-corrected chi connectivity index (χ1v) is 12.2. The number of hydrogen-bond donors (Lipinski definition) is 1. The number of halogens is 1. The standard InChI is InChI=1S/C22H25ClN6OS/c1-31-22-26-11-17-13-29(30,14-18-3-2-8-28(18)21(17)27-22)12-15-4-6-19(24-9-15)16-5-7-20(23)25-10-16/h4-7,9-11,18,22,27H,2-3,8,12-14H2,1H3/t18?,22-,29?/m0/s1. The number of nitrogens with zero attached hydrogens (tertiary/aromatic N) is 5. The molecule has 3 aliphatic rings. The summed E-state index contributed by atoms with van der Waals surface area (Å²) in [4.78, 5) is 15.7. The van der Waals surface area contributed by atoms with Crippen molar-refractivity contribution in [1.82, 2.24) is 20.2 Å². The Morgan fingerprint density at radius 2 is 2.16 bits per heavy atom. The minimum Gasteiger partial charge on any atom is -0.632 e. The highest BCUT2D eigenvalue weighted by molar-refractivity contribution is 7.99. The van der Waals surface area contributed by atoms with Crippen LogP contribution in [0.25, 0.3) is 11.3 Å². The number of aromatic nitrogens is 2. The first kappa shape index (κ1) is 20.8. The van der Waals surface area contributed by atoms with E-state index in [1.807, 2.05) is 36.9 Å². The fraction of sp³-hybridized carbons (Fsp3) is 0.409. The monoisotopic (exact) mass is 456 g/mol. The zero-order valence-electron chi connectivity index (χ0n) is 17.4. The molecule has 1 saturated heterocycles. The number of nitrogens with one attached hydrogen (secondary N) is 1. The predicted molar refractivity (Wildman–Crippen MR) is 125 cm³/mol. The molecule has 9 heteroatoms. The molecule has 5 heterocycles. The maximum atomic E-state index is 14.0. The summed E-state index contributed by atoms with van der Waals surface area (Å²) in [5, 5.41) is 18.0. The van der Waals surface area contributed by atoms with Crippen LogP contribution in [0.3, 0.4) is 0 Å². The number of pyridine rings is 2. The second-order valence-electron chi connectivity index (χ2n) is 8.35. The molecular weight excluding hydrogens is 432 g/mol. The van der Waals surface area contributed by atoms with E-state index < -0.39 is 0 Å². The second-order valence-corrected chi connectivity index (χ2v) is 9.66. The van der Waals surface area contributed by atoms with Crippen molar-refractivity contribution in [2.45, 2.75) is 30.9 Å². The summed E-state index contributed by atoms with van der Waals surface area (Å²) in [5.74, 6) is 1.11. The van der Waals surface area contributed by atoms with Gasteiger partial charge in [-0.3, -0.25) is 9.98 Å². The lowest BCUT2D eigenvalue weighted by molar-refractivity contribution is -0.890. The average Bonchev–Trinajstić information content (AvgIpc) is 3.18. The lowest BCUT2D eigenvalue weighted by Crippen LogP contribution is -2.48. The van der Waals surface area contributed by atoms with Crippen LogP contribution < -0.4 is 5.32 Å².